The zero-order chi connectivity index (χ0) is 16.4. The van der Waals surface area contributed by atoms with Crippen molar-refractivity contribution in [3.05, 3.63) is 52.7 Å². The first-order valence-corrected chi connectivity index (χ1v) is 8.55. The zero-order valence-electron chi connectivity index (χ0n) is 13.5. The highest BCUT2D eigenvalue weighted by atomic mass is 16.5. The molecule has 3 aromatic rings. The zero-order valence-corrected chi connectivity index (χ0v) is 13.5. The fourth-order valence-electron chi connectivity index (χ4n) is 3.45. The van der Waals surface area contributed by atoms with Crippen LogP contribution in [0.15, 0.2) is 39.9 Å². The first kappa shape index (κ1) is 15.1. The first-order chi connectivity index (χ1) is 11.8. The molecule has 1 aromatic carbocycles. The largest absolute Gasteiger partial charge is 0.339 e. The van der Waals surface area contributed by atoms with Crippen LogP contribution in [-0.4, -0.2) is 19.7 Å². The van der Waals surface area contributed by atoms with E-state index in [1.54, 1.807) is 12.4 Å². The molecule has 0 bridgehead atoms. The van der Waals surface area contributed by atoms with Gasteiger partial charge in [-0.2, -0.15) is 4.98 Å². The lowest BCUT2D eigenvalue weighted by Gasteiger charge is -2.04. The molecule has 1 fully saturated rings. The summed E-state index contributed by atoms with van der Waals surface area (Å²) < 4.78 is 6.85. The molecule has 124 valence electrons. The van der Waals surface area contributed by atoms with Crippen molar-refractivity contribution in [2.45, 2.75) is 45.1 Å². The number of nitrogens with zero attached hydrogens (tertiary/aromatic N) is 4. The highest BCUT2D eigenvalue weighted by molar-refractivity contribution is 5.76. The molecule has 0 saturated heterocycles. The predicted octanol–water partition coefficient (Wildman–Crippen LogP) is 2.95. The second-order valence-corrected chi connectivity index (χ2v) is 6.49. The Hall–Kier alpha value is -2.50. The number of hydrogen-bond donors (Lipinski definition) is 0. The lowest BCUT2D eigenvalue weighted by atomic mass is 10.0. The number of benzene rings is 1. The molecule has 4 rings (SSSR count). The third-order valence-corrected chi connectivity index (χ3v) is 4.79. The van der Waals surface area contributed by atoms with Gasteiger partial charge < -0.3 is 4.52 Å². The fourth-order valence-corrected chi connectivity index (χ4v) is 3.45. The fraction of sp³-hybridized carbons (Fsp3) is 0.444. The molecule has 1 aliphatic carbocycles. The van der Waals surface area contributed by atoms with E-state index in [9.17, 15) is 4.79 Å². The van der Waals surface area contributed by atoms with Crippen LogP contribution in [0.4, 0.5) is 0 Å². The summed E-state index contributed by atoms with van der Waals surface area (Å²) in [5.74, 6) is 1.99. The monoisotopic (exact) mass is 324 g/mol. The lowest BCUT2D eigenvalue weighted by molar-refractivity contribution is 0.357. The minimum absolute atomic E-state index is 0.0853. The average Bonchev–Trinajstić information content (AvgIpc) is 3.27. The van der Waals surface area contributed by atoms with Crippen molar-refractivity contribution in [2.24, 2.45) is 5.92 Å². The van der Waals surface area contributed by atoms with Gasteiger partial charge in [0.25, 0.3) is 5.56 Å². The summed E-state index contributed by atoms with van der Waals surface area (Å²) in [5.41, 5.74) is 0.613. The van der Waals surface area contributed by atoms with Gasteiger partial charge in [0.1, 0.15) is 0 Å². The molecule has 1 saturated carbocycles. The number of hydrogen-bond acceptors (Lipinski definition) is 5. The van der Waals surface area contributed by atoms with Crippen LogP contribution in [0.2, 0.25) is 0 Å². The molecule has 6 heteroatoms. The summed E-state index contributed by atoms with van der Waals surface area (Å²) in [7, 11) is 0. The minimum atomic E-state index is -0.0853. The van der Waals surface area contributed by atoms with Gasteiger partial charge in [-0.15, -0.1) is 0 Å². The Balaban J connectivity index is 1.47. The maximum absolute atomic E-state index is 12.5. The van der Waals surface area contributed by atoms with E-state index in [1.165, 1.54) is 30.3 Å². The van der Waals surface area contributed by atoms with Gasteiger partial charge in [0.15, 0.2) is 5.82 Å². The quantitative estimate of drug-likeness (QED) is 0.721. The normalized spacial score (nSPS) is 15.3. The van der Waals surface area contributed by atoms with Crippen LogP contribution in [0, 0.1) is 5.92 Å². The van der Waals surface area contributed by atoms with Gasteiger partial charge in [0, 0.05) is 6.42 Å². The Kier molecular flexibility index (Phi) is 4.11. The topological polar surface area (TPSA) is 73.8 Å². The molecule has 2 aromatic heterocycles. The van der Waals surface area contributed by atoms with Crippen molar-refractivity contribution < 1.29 is 4.52 Å². The Labute approximate surface area is 139 Å². The second kappa shape index (κ2) is 6.55. The Morgan fingerprint density at radius 3 is 2.92 bits per heavy atom. The van der Waals surface area contributed by atoms with Crippen LogP contribution in [0.5, 0.6) is 0 Å². The molecule has 0 N–H and O–H groups in total. The van der Waals surface area contributed by atoms with E-state index in [4.69, 9.17) is 4.52 Å². The summed E-state index contributed by atoms with van der Waals surface area (Å²) in [6.45, 7) is 0.281. The van der Waals surface area contributed by atoms with Crippen molar-refractivity contribution in [1.82, 2.24) is 19.7 Å². The third kappa shape index (κ3) is 3.09. The SMILES string of the molecule is O=c1c2ccccc2ncn1Cc1noc(CCC2CCCC2)n1. The molecule has 0 aliphatic heterocycles. The number of fused-ring (bicyclic) bond motifs is 1. The van der Waals surface area contributed by atoms with Crippen LogP contribution in [0.25, 0.3) is 10.9 Å². The van der Waals surface area contributed by atoms with Gasteiger partial charge in [0.2, 0.25) is 5.89 Å². The van der Waals surface area contributed by atoms with Gasteiger partial charge in [-0.1, -0.05) is 43.0 Å². The molecule has 0 amide bonds. The van der Waals surface area contributed by atoms with E-state index in [0.717, 1.165) is 18.8 Å². The summed E-state index contributed by atoms with van der Waals surface area (Å²) in [6, 6.07) is 7.32. The Morgan fingerprint density at radius 2 is 2.04 bits per heavy atom. The van der Waals surface area contributed by atoms with Crippen molar-refractivity contribution in [1.29, 1.82) is 0 Å². The van der Waals surface area contributed by atoms with Crippen molar-refractivity contribution in [2.75, 3.05) is 0 Å². The number of aryl methyl sites for hydroxylation is 1. The standard InChI is InChI=1S/C18H20N4O2/c23-18-14-7-3-4-8-15(14)19-12-22(18)11-16-20-17(24-21-16)10-9-13-5-1-2-6-13/h3-4,7-8,12-13H,1-2,5-6,9-11H2. The molecule has 0 atom stereocenters. The van der Waals surface area contributed by atoms with Crippen LogP contribution in [-0.2, 0) is 13.0 Å². The van der Waals surface area contributed by atoms with Crippen LogP contribution < -0.4 is 5.56 Å². The second-order valence-electron chi connectivity index (χ2n) is 6.49. The van der Waals surface area contributed by atoms with Gasteiger partial charge in [-0.05, 0) is 24.5 Å². The van der Waals surface area contributed by atoms with E-state index in [1.807, 2.05) is 18.2 Å². The average molecular weight is 324 g/mol. The van der Waals surface area contributed by atoms with Crippen molar-refractivity contribution in [3.8, 4) is 0 Å². The van der Waals surface area contributed by atoms with Crippen LogP contribution in [0.3, 0.4) is 0 Å². The van der Waals surface area contributed by atoms with Gasteiger partial charge in [0.05, 0.1) is 23.8 Å². The molecule has 0 radical (unpaired) electrons. The Morgan fingerprint density at radius 1 is 1.21 bits per heavy atom. The summed E-state index contributed by atoms with van der Waals surface area (Å²) in [6.07, 6.45) is 8.80. The predicted molar refractivity (Wildman–Crippen MR) is 89.7 cm³/mol. The summed E-state index contributed by atoms with van der Waals surface area (Å²) in [4.78, 5) is 21.2. The molecule has 6 nitrogen and oxygen atoms in total. The Bertz CT molecular complexity index is 893. The van der Waals surface area contributed by atoms with Crippen LogP contribution in [0.1, 0.15) is 43.8 Å². The summed E-state index contributed by atoms with van der Waals surface area (Å²) in [5, 5.41) is 4.61. The molecule has 0 spiro atoms. The van der Waals surface area contributed by atoms with Crippen molar-refractivity contribution in [3.63, 3.8) is 0 Å². The first-order valence-electron chi connectivity index (χ1n) is 8.55. The van der Waals surface area contributed by atoms with Gasteiger partial charge >= 0.3 is 0 Å². The third-order valence-electron chi connectivity index (χ3n) is 4.79. The number of rotatable bonds is 5. The van der Waals surface area contributed by atoms with E-state index in [-0.39, 0.29) is 12.1 Å². The molecular formula is C18H20N4O2. The van der Waals surface area contributed by atoms with E-state index in [0.29, 0.717) is 22.6 Å². The van der Waals surface area contributed by atoms with E-state index >= 15 is 0 Å². The van der Waals surface area contributed by atoms with Gasteiger partial charge in [-0.25, -0.2) is 4.98 Å². The molecule has 2 heterocycles. The number of para-hydroxylation sites is 1. The summed E-state index contributed by atoms with van der Waals surface area (Å²) >= 11 is 0. The van der Waals surface area contributed by atoms with Gasteiger partial charge in [-0.3, -0.25) is 9.36 Å². The molecule has 0 unspecified atom stereocenters. The van der Waals surface area contributed by atoms with E-state index in [2.05, 4.69) is 15.1 Å². The minimum Gasteiger partial charge on any atom is -0.339 e. The molecule has 1 aliphatic rings. The van der Waals surface area contributed by atoms with Crippen LogP contribution >= 0.6 is 0 Å². The maximum atomic E-state index is 12.5. The van der Waals surface area contributed by atoms with Crippen molar-refractivity contribution >= 4 is 10.9 Å². The molecular weight excluding hydrogens is 304 g/mol. The lowest BCUT2D eigenvalue weighted by Crippen LogP contribution is -2.21. The van der Waals surface area contributed by atoms with E-state index < -0.39 is 0 Å². The smallest absolute Gasteiger partial charge is 0.261 e. The maximum Gasteiger partial charge on any atom is 0.261 e. The highest BCUT2D eigenvalue weighted by Crippen LogP contribution is 2.28. The molecule has 24 heavy (non-hydrogen) atoms. The highest BCUT2D eigenvalue weighted by Gasteiger charge is 2.16. The number of aromatic nitrogens is 4.